The molecule has 0 heterocycles. The first-order valence-electron chi connectivity index (χ1n) is 3.83. The average Bonchev–Trinajstić information content (AvgIpc) is 2.80. The Morgan fingerprint density at radius 3 is 2.42 bits per heavy atom. The Morgan fingerprint density at radius 2 is 2.17 bits per heavy atom. The molecule has 0 radical (unpaired) electrons. The largest absolute Gasteiger partial charge is 0.405 e. The van der Waals surface area contributed by atoms with E-state index in [0.717, 1.165) is 12.8 Å². The monoisotopic (exact) mass is 167 g/mol. The molecule has 0 bridgehead atoms. The van der Waals surface area contributed by atoms with E-state index in [4.69, 9.17) is 11.5 Å². The smallest absolute Gasteiger partial charge is 0.229 e. The van der Waals surface area contributed by atoms with Crippen LogP contribution in [-0.4, -0.2) is 18.7 Å². The molecule has 0 atom stereocenters. The average molecular weight is 167 g/mol. The molecule has 0 aromatic rings. The molecule has 4 nitrogen and oxygen atoms in total. The van der Waals surface area contributed by atoms with Crippen LogP contribution in [0.3, 0.4) is 0 Å². The summed E-state index contributed by atoms with van der Waals surface area (Å²) < 4.78 is 0. The summed E-state index contributed by atoms with van der Waals surface area (Å²) >= 11 is 0. The van der Waals surface area contributed by atoms with E-state index in [0.29, 0.717) is 5.71 Å². The zero-order valence-corrected chi connectivity index (χ0v) is 7.08. The highest BCUT2D eigenvalue weighted by Crippen LogP contribution is 2.47. The zero-order valence-electron chi connectivity index (χ0n) is 7.08. The Hall–Kier alpha value is -1.32. The molecule has 0 aliphatic heterocycles. The van der Waals surface area contributed by atoms with Crippen LogP contribution in [0, 0.1) is 5.41 Å². The lowest BCUT2D eigenvalue weighted by molar-refractivity contribution is -0.120. The van der Waals surface area contributed by atoms with E-state index in [9.17, 15) is 4.79 Å². The Labute approximate surface area is 71.3 Å². The van der Waals surface area contributed by atoms with E-state index < -0.39 is 5.41 Å². The number of nitrogens with zero attached hydrogens (tertiary/aromatic N) is 1. The Bertz CT molecular complexity index is 251. The molecular weight excluding hydrogens is 154 g/mol. The minimum absolute atomic E-state index is 0.304. The van der Waals surface area contributed by atoms with Crippen molar-refractivity contribution in [3.8, 4) is 0 Å². The molecule has 1 fully saturated rings. The number of hydrogen-bond acceptors (Lipinski definition) is 3. The van der Waals surface area contributed by atoms with Crippen molar-refractivity contribution in [2.24, 2.45) is 21.9 Å². The Morgan fingerprint density at radius 1 is 1.58 bits per heavy atom. The maximum atomic E-state index is 11.0. The van der Waals surface area contributed by atoms with Gasteiger partial charge in [-0.05, 0) is 25.1 Å². The highest BCUT2D eigenvalue weighted by atomic mass is 16.1. The van der Waals surface area contributed by atoms with Crippen LogP contribution in [-0.2, 0) is 4.79 Å². The number of hydrogen-bond donors (Lipinski definition) is 2. The summed E-state index contributed by atoms with van der Waals surface area (Å²) in [5.41, 5.74) is 10.6. The van der Waals surface area contributed by atoms with Crippen LogP contribution in [0.25, 0.3) is 0 Å². The third-order valence-corrected chi connectivity index (χ3v) is 2.21. The molecule has 1 aliphatic carbocycles. The summed E-state index contributed by atoms with van der Waals surface area (Å²) in [5.74, 6) is -0.304. The maximum Gasteiger partial charge on any atom is 0.229 e. The molecule has 0 spiro atoms. The molecule has 1 amide bonds. The van der Waals surface area contributed by atoms with E-state index in [1.54, 1.807) is 13.1 Å². The first kappa shape index (κ1) is 8.77. The minimum atomic E-state index is -0.509. The number of amides is 1. The summed E-state index contributed by atoms with van der Waals surface area (Å²) in [6, 6.07) is 0. The molecule has 1 saturated carbocycles. The van der Waals surface area contributed by atoms with Gasteiger partial charge < -0.3 is 11.5 Å². The predicted octanol–water partition coefficient (Wildman–Crippen LogP) is -0.205. The van der Waals surface area contributed by atoms with Crippen molar-refractivity contribution in [1.29, 1.82) is 0 Å². The van der Waals surface area contributed by atoms with Crippen LogP contribution in [0.2, 0.25) is 0 Å². The van der Waals surface area contributed by atoms with Gasteiger partial charge >= 0.3 is 0 Å². The third-order valence-electron chi connectivity index (χ3n) is 2.21. The van der Waals surface area contributed by atoms with Crippen molar-refractivity contribution in [2.75, 3.05) is 7.05 Å². The molecule has 0 aromatic heterocycles. The van der Waals surface area contributed by atoms with Gasteiger partial charge in [0, 0.05) is 7.05 Å². The van der Waals surface area contributed by atoms with E-state index in [2.05, 4.69) is 4.99 Å². The van der Waals surface area contributed by atoms with Crippen molar-refractivity contribution < 1.29 is 4.79 Å². The lowest BCUT2D eigenvalue weighted by Gasteiger charge is -2.09. The van der Waals surface area contributed by atoms with E-state index in [1.807, 2.05) is 0 Å². The topological polar surface area (TPSA) is 81.5 Å². The van der Waals surface area contributed by atoms with Crippen LogP contribution in [0.5, 0.6) is 0 Å². The first-order chi connectivity index (χ1) is 5.67. The fourth-order valence-electron chi connectivity index (χ4n) is 1.29. The van der Waals surface area contributed by atoms with Crippen LogP contribution < -0.4 is 11.5 Å². The van der Waals surface area contributed by atoms with Crippen molar-refractivity contribution in [1.82, 2.24) is 0 Å². The molecule has 0 unspecified atom stereocenters. The normalized spacial score (nSPS) is 21.2. The second kappa shape index (κ2) is 2.97. The van der Waals surface area contributed by atoms with Gasteiger partial charge in [0.15, 0.2) is 0 Å². The van der Waals surface area contributed by atoms with Crippen LogP contribution in [0.1, 0.15) is 12.8 Å². The minimum Gasteiger partial charge on any atom is -0.405 e. The number of aliphatic imine (C=N–C) groups is 1. The third kappa shape index (κ3) is 1.20. The fraction of sp³-hybridized carbons (Fsp3) is 0.500. The van der Waals surface area contributed by atoms with Gasteiger partial charge in [0.25, 0.3) is 0 Å². The number of rotatable bonds is 3. The lowest BCUT2D eigenvalue weighted by Crippen LogP contribution is -2.31. The molecule has 0 aromatic carbocycles. The molecule has 1 rings (SSSR count). The molecule has 0 saturated heterocycles. The van der Waals surface area contributed by atoms with Crippen LogP contribution in [0.4, 0.5) is 0 Å². The molecule has 4 heteroatoms. The van der Waals surface area contributed by atoms with Gasteiger partial charge in [-0.3, -0.25) is 9.79 Å². The standard InChI is InChI=1S/C8H13N3O/c1-11-6(2-5-9)8(3-4-8)7(10)12/h2,5H,3-4,9H2,1H3,(H2,10,12)/b5-2-,11-6?. The summed E-state index contributed by atoms with van der Waals surface area (Å²) in [6.07, 6.45) is 4.60. The highest BCUT2D eigenvalue weighted by Gasteiger charge is 2.51. The van der Waals surface area contributed by atoms with E-state index >= 15 is 0 Å². The second-order valence-corrected chi connectivity index (χ2v) is 2.91. The van der Waals surface area contributed by atoms with Gasteiger partial charge in [0.1, 0.15) is 0 Å². The molecule has 12 heavy (non-hydrogen) atoms. The zero-order chi connectivity index (χ0) is 9.19. The maximum absolute atomic E-state index is 11.0. The summed E-state index contributed by atoms with van der Waals surface area (Å²) in [5, 5.41) is 0. The predicted molar refractivity (Wildman–Crippen MR) is 47.5 cm³/mol. The first-order valence-corrected chi connectivity index (χ1v) is 3.83. The van der Waals surface area contributed by atoms with Gasteiger partial charge in [-0.15, -0.1) is 0 Å². The number of primary amides is 1. The van der Waals surface area contributed by atoms with Gasteiger partial charge in [-0.2, -0.15) is 0 Å². The van der Waals surface area contributed by atoms with Crippen molar-refractivity contribution in [3.05, 3.63) is 12.3 Å². The second-order valence-electron chi connectivity index (χ2n) is 2.91. The van der Waals surface area contributed by atoms with Crippen LogP contribution in [0.15, 0.2) is 17.3 Å². The van der Waals surface area contributed by atoms with Crippen LogP contribution >= 0.6 is 0 Å². The molecule has 1 aliphatic rings. The number of allylic oxidation sites excluding steroid dienone is 1. The number of carbonyl (C=O) groups is 1. The van der Waals surface area contributed by atoms with Gasteiger partial charge in [0.05, 0.1) is 11.1 Å². The Kier molecular flexibility index (Phi) is 2.17. The van der Waals surface area contributed by atoms with Crippen molar-refractivity contribution >= 4 is 11.6 Å². The number of nitrogens with two attached hydrogens (primary N) is 2. The molecule has 66 valence electrons. The fourth-order valence-corrected chi connectivity index (χ4v) is 1.29. The van der Waals surface area contributed by atoms with Gasteiger partial charge in [-0.25, -0.2) is 0 Å². The van der Waals surface area contributed by atoms with Gasteiger partial charge in [-0.1, -0.05) is 0 Å². The molecule has 4 N–H and O–H groups in total. The van der Waals surface area contributed by atoms with Crippen molar-refractivity contribution in [3.63, 3.8) is 0 Å². The Balaban J connectivity index is 2.87. The van der Waals surface area contributed by atoms with E-state index in [1.165, 1.54) is 6.20 Å². The number of carbonyl (C=O) groups excluding carboxylic acids is 1. The lowest BCUT2D eigenvalue weighted by atomic mass is 9.99. The highest BCUT2D eigenvalue weighted by molar-refractivity contribution is 6.15. The summed E-state index contributed by atoms with van der Waals surface area (Å²) in [6.45, 7) is 0. The van der Waals surface area contributed by atoms with Crippen molar-refractivity contribution in [2.45, 2.75) is 12.8 Å². The van der Waals surface area contributed by atoms with E-state index in [-0.39, 0.29) is 5.91 Å². The summed E-state index contributed by atoms with van der Waals surface area (Å²) in [4.78, 5) is 15.0. The summed E-state index contributed by atoms with van der Waals surface area (Å²) in [7, 11) is 1.64. The molecular formula is C8H13N3O. The van der Waals surface area contributed by atoms with Gasteiger partial charge in [0.2, 0.25) is 5.91 Å². The SMILES string of the molecule is CN=C(/C=C\N)C1(C(N)=O)CC1. The quantitative estimate of drug-likeness (QED) is 0.570.